The molecule has 6 nitrogen and oxygen atoms in total. The van der Waals surface area contributed by atoms with Crippen LogP contribution in [0.4, 0.5) is 17.1 Å². The van der Waals surface area contributed by atoms with E-state index in [0.29, 0.717) is 5.69 Å². The Bertz CT molecular complexity index is 1130. The SMILES string of the molecule is CCN(CC)c1ccc([C@@H]2[C@H]3C(=O)N(c4ccccc4)C(=O)[C@H]3ON2c2ccccc2)cc1. The monoisotopic (exact) mass is 441 g/mol. The van der Waals surface area contributed by atoms with Crippen LogP contribution < -0.4 is 14.9 Å². The standard InChI is InChI=1S/C27H27N3O3/c1-3-28(4-2)20-17-15-19(16-18-20)24-23-25(33-30(24)22-13-9-6-10-14-22)27(32)29(26(23)31)21-11-7-5-8-12-21/h5-18,23-25H,3-4H2,1-2H3/t23-,24-,25+/m1/s1. The molecule has 2 fully saturated rings. The number of benzene rings is 3. The third kappa shape index (κ3) is 3.56. The van der Waals surface area contributed by atoms with Gasteiger partial charge in [0.15, 0.2) is 6.10 Å². The number of imide groups is 1. The average molecular weight is 442 g/mol. The third-order valence-electron chi connectivity index (χ3n) is 6.50. The molecule has 3 aromatic rings. The van der Waals surface area contributed by atoms with Gasteiger partial charge in [0.1, 0.15) is 5.92 Å². The van der Waals surface area contributed by atoms with Crippen LogP contribution in [0.2, 0.25) is 0 Å². The van der Waals surface area contributed by atoms with Crippen molar-refractivity contribution >= 4 is 28.9 Å². The Hall–Kier alpha value is -3.64. The molecular formula is C27H27N3O3. The molecule has 2 aliphatic rings. The van der Waals surface area contributed by atoms with Crippen molar-refractivity contribution in [2.45, 2.75) is 26.0 Å². The van der Waals surface area contributed by atoms with Crippen LogP contribution in [0.1, 0.15) is 25.5 Å². The molecule has 0 aromatic heterocycles. The highest BCUT2D eigenvalue weighted by Crippen LogP contribution is 2.47. The molecule has 0 N–H and O–H groups in total. The van der Waals surface area contributed by atoms with Gasteiger partial charge >= 0.3 is 0 Å². The molecule has 2 amide bonds. The summed E-state index contributed by atoms with van der Waals surface area (Å²) in [6.45, 7) is 6.10. The van der Waals surface area contributed by atoms with Gasteiger partial charge in [0.25, 0.3) is 5.91 Å². The maximum atomic E-state index is 13.6. The fraction of sp³-hybridized carbons (Fsp3) is 0.259. The summed E-state index contributed by atoms with van der Waals surface area (Å²) < 4.78 is 0. The minimum absolute atomic E-state index is 0.229. The lowest BCUT2D eigenvalue weighted by Gasteiger charge is -2.29. The van der Waals surface area contributed by atoms with Crippen LogP contribution in [0.5, 0.6) is 0 Å². The highest BCUT2D eigenvalue weighted by atomic mass is 16.7. The van der Waals surface area contributed by atoms with Crippen molar-refractivity contribution < 1.29 is 14.4 Å². The zero-order valence-electron chi connectivity index (χ0n) is 18.8. The van der Waals surface area contributed by atoms with Gasteiger partial charge in [-0.05, 0) is 55.8 Å². The van der Waals surface area contributed by atoms with Gasteiger partial charge in [0.05, 0.1) is 17.4 Å². The zero-order valence-corrected chi connectivity index (χ0v) is 18.8. The van der Waals surface area contributed by atoms with Crippen molar-refractivity contribution in [3.63, 3.8) is 0 Å². The molecule has 6 heteroatoms. The first-order chi connectivity index (χ1) is 16.1. The lowest BCUT2D eigenvalue weighted by atomic mass is 9.90. The van der Waals surface area contributed by atoms with E-state index in [2.05, 4.69) is 30.9 Å². The summed E-state index contributed by atoms with van der Waals surface area (Å²) in [5.74, 6) is -1.18. The lowest BCUT2D eigenvalue weighted by molar-refractivity contribution is -0.126. The largest absolute Gasteiger partial charge is 0.372 e. The van der Waals surface area contributed by atoms with Crippen molar-refractivity contribution in [3.05, 3.63) is 90.5 Å². The molecule has 3 aromatic carbocycles. The third-order valence-corrected chi connectivity index (χ3v) is 6.50. The van der Waals surface area contributed by atoms with Crippen LogP contribution in [0.15, 0.2) is 84.9 Å². The summed E-state index contributed by atoms with van der Waals surface area (Å²) in [4.78, 5) is 36.7. The first kappa shape index (κ1) is 21.2. The van der Waals surface area contributed by atoms with Gasteiger partial charge < -0.3 is 4.90 Å². The van der Waals surface area contributed by atoms with Gasteiger partial charge in [-0.3, -0.25) is 14.4 Å². The number of hydrogen-bond acceptors (Lipinski definition) is 5. The Balaban J connectivity index is 1.55. The molecule has 3 atom stereocenters. The van der Waals surface area contributed by atoms with Gasteiger partial charge in [-0.25, -0.2) is 9.96 Å². The van der Waals surface area contributed by atoms with E-state index in [0.717, 1.165) is 30.0 Å². The Kier molecular flexibility index (Phi) is 5.60. The lowest BCUT2D eigenvalue weighted by Crippen LogP contribution is -2.37. The molecule has 168 valence electrons. The second-order valence-corrected chi connectivity index (χ2v) is 8.27. The molecule has 0 aliphatic carbocycles. The molecule has 0 unspecified atom stereocenters. The van der Waals surface area contributed by atoms with E-state index >= 15 is 0 Å². The molecule has 33 heavy (non-hydrogen) atoms. The number of rotatable bonds is 6. The molecule has 2 aliphatic heterocycles. The molecule has 0 spiro atoms. The van der Waals surface area contributed by atoms with Gasteiger partial charge in [-0.15, -0.1) is 0 Å². The van der Waals surface area contributed by atoms with Crippen LogP contribution in [0.3, 0.4) is 0 Å². The predicted octanol–water partition coefficient (Wildman–Crippen LogP) is 4.58. The van der Waals surface area contributed by atoms with Gasteiger partial charge in [-0.2, -0.15) is 0 Å². The summed E-state index contributed by atoms with van der Waals surface area (Å²) in [6, 6.07) is 26.5. The molecule has 2 saturated heterocycles. The molecular weight excluding hydrogens is 414 g/mol. The van der Waals surface area contributed by atoms with Crippen LogP contribution in [-0.4, -0.2) is 31.0 Å². The maximum Gasteiger partial charge on any atom is 0.266 e. The summed E-state index contributed by atoms with van der Waals surface area (Å²) >= 11 is 0. The minimum atomic E-state index is -0.856. The van der Waals surface area contributed by atoms with E-state index in [9.17, 15) is 9.59 Å². The van der Waals surface area contributed by atoms with Crippen LogP contribution in [-0.2, 0) is 14.4 Å². The van der Waals surface area contributed by atoms with E-state index in [-0.39, 0.29) is 11.8 Å². The number of fused-ring (bicyclic) bond motifs is 1. The minimum Gasteiger partial charge on any atom is -0.372 e. The molecule has 2 heterocycles. The Labute approximate surface area is 193 Å². The summed E-state index contributed by atoms with van der Waals surface area (Å²) in [7, 11) is 0. The average Bonchev–Trinajstić information content (AvgIpc) is 3.37. The quantitative estimate of drug-likeness (QED) is 0.524. The van der Waals surface area contributed by atoms with Gasteiger partial charge in [0, 0.05) is 18.8 Å². The number of carbonyl (C=O) groups excluding carboxylic acids is 2. The number of carbonyl (C=O) groups is 2. The van der Waals surface area contributed by atoms with E-state index in [4.69, 9.17) is 4.84 Å². The summed E-state index contributed by atoms with van der Waals surface area (Å²) in [5.41, 5.74) is 3.47. The first-order valence-corrected chi connectivity index (χ1v) is 11.4. The zero-order chi connectivity index (χ0) is 22.9. The second-order valence-electron chi connectivity index (χ2n) is 8.27. The van der Waals surface area contributed by atoms with Crippen LogP contribution in [0, 0.1) is 5.92 Å². The highest BCUT2D eigenvalue weighted by molar-refractivity contribution is 6.23. The fourth-order valence-electron chi connectivity index (χ4n) is 4.85. The molecule has 0 saturated carbocycles. The van der Waals surface area contributed by atoms with Gasteiger partial charge in [-0.1, -0.05) is 48.5 Å². The van der Waals surface area contributed by atoms with Crippen molar-refractivity contribution in [1.82, 2.24) is 0 Å². The number of hydrogen-bond donors (Lipinski definition) is 0. The number of para-hydroxylation sites is 2. The van der Waals surface area contributed by atoms with Crippen molar-refractivity contribution in [1.29, 1.82) is 0 Å². The van der Waals surface area contributed by atoms with E-state index < -0.39 is 18.1 Å². The Morgan fingerprint density at radius 1 is 0.758 bits per heavy atom. The first-order valence-electron chi connectivity index (χ1n) is 11.4. The molecule has 0 radical (unpaired) electrons. The van der Waals surface area contributed by atoms with E-state index in [1.165, 1.54) is 4.90 Å². The van der Waals surface area contributed by atoms with E-state index in [1.807, 2.05) is 60.7 Å². The Morgan fingerprint density at radius 3 is 1.91 bits per heavy atom. The number of anilines is 3. The van der Waals surface area contributed by atoms with Crippen molar-refractivity contribution in [2.24, 2.45) is 5.92 Å². The summed E-state index contributed by atoms with van der Waals surface area (Å²) in [5, 5.41) is 1.74. The van der Waals surface area contributed by atoms with Crippen LogP contribution in [0.25, 0.3) is 0 Å². The number of hydroxylamine groups is 1. The molecule has 0 bridgehead atoms. The normalized spacial score (nSPS) is 22.1. The van der Waals surface area contributed by atoms with Gasteiger partial charge in [0.2, 0.25) is 5.91 Å². The van der Waals surface area contributed by atoms with Crippen molar-refractivity contribution in [2.75, 3.05) is 28.0 Å². The van der Waals surface area contributed by atoms with E-state index in [1.54, 1.807) is 17.2 Å². The smallest absolute Gasteiger partial charge is 0.266 e. The number of nitrogens with zero attached hydrogens (tertiary/aromatic N) is 3. The topological polar surface area (TPSA) is 53.1 Å². The van der Waals surface area contributed by atoms with Crippen molar-refractivity contribution in [3.8, 4) is 0 Å². The highest BCUT2D eigenvalue weighted by Gasteiger charge is 2.60. The fourth-order valence-corrected chi connectivity index (χ4v) is 4.85. The number of amides is 2. The molecule has 5 rings (SSSR count). The Morgan fingerprint density at radius 2 is 1.33 bits per heavy atom. The predicted molar refractivity (Wildman–Crippen MR) is 129 cm³/mol. The van der Waals surface area contributed by atoms with Crippen LogP contribution >= 0.6 is 0 Å². The summed E-state index contributed by atoms with van der Waals surface area (Å²) in [6.07, 6.45) is -0.856. The maximum absolute atomic E-state index is 13.6. The second kappa shape index (κ2) is 8.71.